The lowest BCUT2D eigenvalue weighted by Gasteiger charge is -2.45. The number of epoxide rings is 1. The number of allylic oxidation sites excluding steroid dienone is 1. The molecule has 1 aliphatic carbocycles. The molecule has 0 bridgehead atoms. The third-order valence-electron chi connectivity index (χ3n) is 9.37. The summed E-state index contributed by atoms with van der Waals surface area (Å²) < 4.78 is 27.4. The fraction of sp³-hybridized carbons (Fsp3) is 0.645. The Labute approximate surface area is 241 Å². The van der Waals surface area contributed by atoms with Gasteiger partial charge in [0.2, 0.25) is 5.60 Å². The van der Waals surface area contributed by atoms with Gasteiger partial charge < -0.3 is 34.1 Å². The normalized spacial score (nSPS) is 34.4. The van der Waals surface area contributed by atoms with Gasteiger partial charge in [-0.1, -0.05) is 56.3 Å². The van der Waals surface area contributed by atoms with Gasteiger partial charge in [-0.2, -0.15) is 0 Å². The third-order valence-corrected chi connectivity index (χ3v) is 9.37. The number of carbonyl (C=O) groups is 3. The zero-order valence-corrected chi connectivity index (χ0v) is 24.9. The molecule has 226 valence electrons. The minimum Gasteiger partial charge on any atom is -0.438 e. The second kappa shape index (κ2) is 11.8. The van der Waals surface area contributed by atoms with E-state index >= 15 is 0 Å². The van der Waals surface area contributed by atoms with Crippen molar-refractivity contribution in [3.05, 3.63) is 48.0 Å². The number of benzene rings is 1. The summed E-state index contributed by atoms with van der Waals surface area (Å²) in [4.78, 5) is 39.6. The molecule has 9 atom stereocenters. The number of carbonyl (C=O) groups excluding carboxylic acids is 3. The molecule has 0 radical (unpaired) electrons. The minimum absolute atomic E-state index is 0.0115. The lowest BCUT2D eigenvalue weighted by atomic mass is 9.59. The Morgan fingerprint density at radius 3 is 2.46 bits per heavy atom. The van der Waals surface area contributed by atoms with Crippen molar-refractivity contribution >= 4 is 17.8 Å². The van der Waals surface area contributed by atoms with Gasteiger partial charge in [-0.25, -0.2) is 4.79 Å². The van der Waals surface area contributed by atoms with E-state index in [0.29, 0.717) is 12.8 Å². The van der Waals surface area contributed by atoms with Gasteiger partial charge >= 0.3 is 6.16 Å². The second-order valence-corrected chi connectivity index (χ2v) is 12.0. The van der Waals surface area contributed by atoms with Crippen LogP contribution in [0.5, 0.6) is 0 Å². The molecule has 0 aromatic heterocycles. The molecule has 3 fully saturated rings. The van der Waals surface area contributed by atoms with Crippen molar-refractivity contribution < 1.29 is 43.2 Å². The minimum atomic E-state index is -1.65. The van der Waals surface area contributed by atoms with Crippen LogP contribution in [0, 0.1) is 23.7 Å². The molecule has 1 aromatic carbocycles. The van der Waals surface area contributed by atoms with Gasteiger partial charge in [-0.05, 0) is 38.2 Å². The fourth-order valence-electron chi connectivity index (χ4n) is 6.94. The van der Waals surface area contributed by atoms with Crippen molar-refractivity contribution in [2.24, 2.45) is 23.7 Å². The molecule has 1 amide bonds. The number of aliphatic hydroxyl groups is 1. The molecule has 2 heterocycles. The summed E-state index contributed by atoms with van der Waals surface area (Å²) >= 11 is 0. The summed E-state index contributed by atoms with van der Waals surface area (Å²) in [5.74, 6) is -2.40. The number of ketones is 1. The Kier molecular flexibility index (Phi) is 8.99. The highest BCUT2D eigenvalue weighted by Gasteiger charge is 2.78. The number of hydrogen-bond donors (Lipinski definition) is 2. The third kappa shape index (κ3) is 5.67. The van der Waals surface area contributed by atoms with Crippen molar-refractivity contribution in [3.8, 4) is 0 Å². The average Bonchev–Trinajstić information content (AvgIpc) is 3.57. The number of ether oxygens (including phenoxy) is 5. The SMILES string of the molecule is COC(=O)OC12C(=O)NC(Cc3ccccc3)[C@@H]1C(C)C1(C)OC1C2/C=C/CC(C)C(=O)C(C)(O)CC(OC)OC. The van der Waals surface area contributed by atoms with E-state index in [0.717, 1.165) is 5.56 Å². The topological polar surface area (TPSA) is 133 Å². The van der Waals surface area contributed by atoms with Gasteiger partial charge in [0.25, 0.3) is 5.91 Å². The Bertz CT molecular complexity index is 1150. The van der Waals surface area contributed by atoms with E-state index in [9.17, 15) is 19.5 Å². The largest absolute Gasteiger partial charge is 0.509 e. The predicted molar refractivity (Wildman–Crippen MR) is 149 cm³/mol. The number of nitrogens with one attached hydrogen (secondary N) is 1. The summed E-state index contributed by atoms with van der Waals surface area (Å²) in [5, 5.41) is 14.0. The predicted octanol–water partition coefficient (Wildman–Crippen LogP) is 3.20. The van der Waals surface area contributed by atoms with Crippen LogP contribution in [-0.4, -0.2) is 79.5 Å². The quantitative estimate of drug-likeness (QED) is 0.167. The summed E-state index contributed by atoms with van der Waals surface area (Å²) in [6, 6.07) is 9.55. The molecule has 10 nitrogen and oxygen atoms in total. The van der Waals surface area contributed by atoms with E-state index in [4.69, 9.17) is 23.7 Å². The summed E-state index contributed by atoms with van der Waals surface area (Å²) in [5.41, 5.74) is -2.66. The van der Waals surface area contributed by atoms with Gasteiger partial charge in [0.05, 0.1) is 24.7 Å². The molecule has 2 aliphatic heterocycles. The van der Waals surface area contributed by atoms with Crippen molar-refractivity contribution in [1.82, 2.24) is 5.32 Å². The maximum absolute atomic E-state index is 13.9. The van der Waals surface area contributed by atoms with Crippen LogP contribution in [0.25, 0.3) is 0 Å². The van der Waals surface area contributed by atoms with E-state index in [-0.39, 0.29) is 36.2 Å². The first-order chi connectivity index (χ1) is 19.3. The average molecular weight is 574 g/mol. The first kappa shape index (κ1) is 31.2. The van der Waals surface area contributed by atoms with Gasteiger partial charge in [-0.15, -0.1) is 0 Å². The van der Waals surface area contributed by atoms with Crippen LogP contribution in [-0.2, 0) is 39.7 Å². The number of methoxy groups -OCH3 is 3. The lowest BCUT2D eigenvalue weighted by molar-refractivity contribution is -0.161. The molecule has 8 unspecified atom stereocenters. The summed E-state index contributed by atoms with van der Waals surface area (Å²) in [6.45, 7) is 7.25. The van der Waals surface area contributed by atoms with Crippen LogP contribution >= 0.6 is 0 Å². The number of Topliss-reactive ketones (excluding diaryl/α,β-unsaturated/α-hetero) is 1. The molecule has 0 spiro atoms. The number of fused-ring (bicyclic) bond motifs is 2. The van der Waals surface area contributed by atoms with Gasteiger partial charge in [-0.3, -0.25) is 9.59 Å². The molecule has 10 heteroatoms. The standard InChI is InChI=1S/C31H43NO9/c1-18(25(33)29(3,36)17-23(37-5)38-6)12-11-15-21-26-30(4,40-26)19(2)24-22(16-20-13-9-8-10-14-20)32-27(34)31(21,24)41-28(35)39-7/h8-11,13-15,18-19,21-24,26,36H,12,16-17H2,1-7H3,(H,32,34)/b15-11+/t18?,19?,21?,22?,24-,26?,29?,30?,31?/m0/s1. The molecular weight excluding hydrogens is 530 g/mol. The Morgan fingerprint density at radius 2 is 1.85 bits per heavy atom. The molecule has 4 rings (SSSR count). The van der Waals surface area contributed by atoms with Crippen molar-refractivity contribution in [2.75, 3.05) is 21.3 Å². The zero-order valence-electron chi connectivity index (χ0n) is 24.9. The van der Waals surface area contributed by atoms with Crippen LogP contribution < -0.4 is 5.32 Å². The highest BCUT2D eigenvalue weighted by atomic mass is 16.7. The molecule has 1 saturated carbocycles. The Balaban J connectivity index is 1.61. The molecule has 2 saturated heterocycles. The highest BCUT2D eigenvalue weighted by molar-refractivity contribution is 5.92. The van der Waals surface area contributed by atoms with Crippen LogP contribution in [0.3, 0.4) is 0 Å². The first-order valence-electron chi connectivity index (χ1n) is 14.1. The molecular formula is C31H43NO9. The molecule has 3 aliphatic rings. The highest BCUT2D eigenvalue weighted by Crippen LogP contribution is 2.63. The second-order valence-electron chi connectivity index (χ2n) is 12.0. The number of hydrogen-bond acceptors (Lipinski definition) is 9. The van der Waals surface area contributed by atoms with E-state index < -0.39 is 47.0 Å². The van der Waals surface area contributed by atoms with Gasteiger partial charge in [0.15, 0.2) is 12.1 Å². The van der Waals surface area contributed by atoms with Crippen molar-refractivity contribution in [2.45, 2.75) is 82.2 Å². The fourth-order valence-corrected chi connectivity index (χ4v) is 6.94. The summed E-state index contributed by atoms with van der Waals surface area (Å²) in [6.07, 6.45) is 2.46. The summed E-state index contributed by atoms with van der Waals surface area (Å²) in [7, 11) is 4.11. The smallest absolute Gasteiger partial charge is 0.438 e. The lowest BCUT2D eigenvalue weighted by Crippen LogP contribution is -2.61. The monoisotopic (exact) mass is 573 g/mol. The Morgan fingerprint density at radius 1 is 1.20 bits per heavy atom. The van der Waals surface area contributed by atoms with Gasteiger partial charge in [0, 0.05) is 38.5 Å². The zero-order chi connectivity index (χ0) is 30.2. The van der Waals surface area contributed by atoms with Crippen LogP contribution in [0.4, 0.5) is 4.79 Å². The van der Waals surface area contributed by atoms with E-state index in [1.165, 1.54) is 28.3 Å². The molecule has 2 N–H and O–H groups in total. The van der Waals surface area contributed by atoms with Crippen LogP contribution in [0.1, 0.15) is 46.1 Å². The van der Waals surface area contributed by atoms with E-state index in [1.54, 1.807) is 6.92 Å². The van der Waals surface area contributed by atoms with Crippen molar-refractivity contribution in [3.63, 3.8) is 0 Å². The number of rotatable bonds is 12. The van der Waals surface area contributed by atoms with Crippen LogP contribution in [0.15, 0.2) is 42.5 Å². The van der Waals surface area contributed by atoms with Crippen molar-refractivity contribution in [1.29, 1.82) is 0 Å². The Hall–Kier alpha value is -2.79. The van der Waals surface area contributed by atoms with Crippen LogP contribution in [0.2, 0.25) is 0 Å². The first-order valence-corrected chi connectivity index (χ1v) is 14.1. The van der Waals surface area contributed by atoms with Gasteiger partial charge in [0.1, 0.15) is 5.60 Å². The maximum Gasteiger partial charge on any atom is 0.509 e. The van der Waals surface area contributed by atoms with E-state index in [2.05, 4.69) is 5.32 Å². The molecule has 41 heavy (non-hydrogen) atoms. The molecule has 1 aromatic rings. The van der Waals surface area contributed by atoms with E-state index in [1.807, 2.05) is 56.3 Å². The number of amides is 1. The maximum atomic E-state index is 13.9.